The third kappa shape index (κ3) is 4.67. The average Bonchev–Trinajstić information content (AvgIpc) is 3.60. The maximum absolute atomic E-state index is 12.5. The van der Waals surface area contributed by atoms with Crippen molar-refractivity contribution in [3.63, 3.8) is 0 Å². The lowest BCUT2D eigenvalue weighted by atomic mass is 10.1. The van der Waals surface area contributed by atoms with Crippen molar-refractivity contribution in [1.82, 2.24) is 4.90 Å². The monoisotopic (exact) mass is 397 g/mol. The Kier molecular flexibility index (Phi) is 5.41. The number of anilines is 1. The van der Waals surface area contributed by atoms with E-state index in [0.717, 1.165) is 36.8 Å². The first-order valence-electron chi connectivity index (χ1n) is 10.3. The number of carbonyl (C=O) groups is 1. The van der Waals surface area contributed by atoms with E-state index in [1.54, 1.807) is 19.1 Å². The molecule has 2 unspecified atom stereocenters. The number of benzene rings is 1. The zero-order valence-corrected chi connectivity index (χ0v) is 16.9. The van der Waals surface area contributed by atoms with Crippen molar-refractivity contribution >= 4 is 17.3 Å². The maximum Gasteiger partial charge on any atom is 0.274 e. The lowest BCUT2D eigenvalue weighted by Gasteiger charge is -2.20. The highest BCUT2D eigenvalue weighted by Crippen LogP contribution is 2.47. The van der Waals surface area contributed by atoms with E-state index in [0.29, 0.717) is 36.2 Å². The van der Waals surface area contributed by atoms with E-state index in [1.807, 2.05) is 0 Å². The number of carbonyl (C=O) groups excluding carboxylic acids is 1. The second-order valence-corrected chi connectivity index (χ2v) is 8.33. The summed E-state index contributed by atoms with van der Waals surface area (Å²) in [6.45, 7) is 5.25. The first kappa shape index (κ1) is 19.6. The van der Waals surface area contributed by atoms with Gasteiger partial charge in [-0.2, -0.15) is 0 Å². The third-order valence-electron chi connectivity index (χ3n) is 5.98. The number of nitro groups is 1. The van der Waals surface area contributed by atoms with Gasteiger partial charge in [0, 0.05) is 31.0 Å². The van der Waals surface area contributed by atoms with Gasteiger partial charge in [-0.1, -0.05) is 13.0 Å². The fraction of sp³-hybridized carbons (Fsp3) is 0.500. The van der Waals surface area contributed by atoms with E-state index in [-0.39, 0.29) is 11.6 Å². The van der Waals surface area contributed by atoms with Crippen molar-refractivity contribution in [2.45, 2.75) is 58.0 Å². The van der Waals surface area contributed by atoms with Gasteiger partial charge in [0.15, 0.2) is 0 Å². The van der Waals surface area contributed by atoms with Crippen LogP contribution in [0.15, 0.2) is 34.7 Å². The highest BCUT2D eigenvalue weighted by atomic mass is 16.6. The number of amides is 1. The molecule has 0 bridgehead atoms. The Bertz CT molecular complexity index is 919. The van der Waals surface area contributed by atoms with Gasteiger partial charge < -0.3 is 9.73 Å². The number of hydrogen-bond acceptors (Lipinski definition) is 5. The molecule has 2 saturated carbocycles. The van der Waals surface area contributed by atoms with Crippen LogP contribution in [0, 0.1) is 23.0 Å². The van der Waals surface area contributed by atoms with Crippen LogP contribution in [0.2, 0.25) is 0 Å². The van der Waals surface area contributed by atoms with Crippen molar-refractivity contribution in [2.75, 3.05) is 11.9 Å². The number of rotatable bonds is 9. The summed E-state index contributed by atoms with van der Waals surface area (Å²) in [7, 11) is 0. The van der Waals surface area contributed by atoms with Crippen LogP contribution in [0.1, 0.15) is 55.6 Å². The molecule has 4 rings (SSSR count). The highest BCUT2D eigenvalue weighted by Gasteiger charge is 2.37. The van der Waals surface area contributed by atoms with Crippen LogP contribution in [0.5, 0.6) is 0 Å². The topological polar surface area (TPSA) is 88.6 Å². The minimum Gasteiger partial charge on any atom is -0.464 e. The van der Waals surface area contributed by atoms with E-state index in [9.17, 15) is 14.9 Å². The molecule has 1 heterocycles. The number of nitrogens with zero attached hydrogens (tertiary/aromatic N) is 2. The summed E-state index contributed by atoms with van der Waals surface area (Å²) in [6, 6.07) is 9.39. The van der Waals surface area contributed by atoms with Crippen LogP contribution in [0.3, 0.4) is 0 Å². The lowest BCUT2D eigenvalue weighted by Crippen LogP contribution is -2.29. The van der Waals surface area contributed by atoms with Gasteiger partial charge in [0.25, 0.3) is 5.69 Å². The molecule has 1 aromatic heterocycles. The Hall–Kier alpha value is -2.67. The van der Waals surface area contributed by atoms with Crippen molar-refractivity contribution in [1.29, 1.82) is 0 Å². The molecule has 0 aliphatic heterocycles. The second-order valence-electron chi connectivity index (χ2n) is 8.33. The van der Waals surface area contributed by atoms with Gasteiger partial charge in [-0.25, -0.2) is 0 Å². The summed E-state index contributed by atoms with van der Waals surface area (Å²) < 4.78 is 6.03. The quantitative estimate of drug-likeness (QED) is 0.493. The molecule has 1 N–H and O–H groups in total. The standard InChI is InChI=1S/C22H27N3O4/c1-14-12-18(14)21-9-8-17(29-21)13-24(16-6-7-16)11-10-22(26)23-19-4-3-5-20(15(19)2)25(27)28/h3-5,8-9,14,16,18H,6-7,10-13H2,1-2H3,(H,23,26). The highest BCUT2D eigenvalue weighted by molar-refractivity contribution is 5.92. The maximum atomic E-state index is 12.5. The minimum atomic E-state index is -0.431. The molecule has 2 aliphatic rings. The summed E-state index contributed by atoms with van der Waals surface area (Å²) in [4.78, 5) is 25.4. The van der Waals surface area contributed by atoms with E-state index in [1.165, 1.54) is 12.5 Å². The van der Waals surface area contributed by atoms with Crippen LogP contribution < -0.4 is 5.32 Å². The molecule has 0 spiro atoms. The molecule has 2 aliphatic carbocycles. The van der Waals surface area contributed by atoms with Crippen LogP contribution in [0.4, 0.5) is 11.4 Å². The van der Waals surface area contributed by atoms with E-state index < -0.39 is 4.92 Å². The molecule has 154 valence electrons. The molecular formula is C22H27N3O4. The summed E-state index contributed by atoms with van der Waals surface area (Å²) in [6.07, 6.45) is 3.85. The normalized spacial score (nSPS) is 20.7. The Morgan fingerprint density at radius 1 is 1.31 bits per heavy atom. The zero-order valence-electron chi connectivity index (χ0n) is 16.9. The number of nitro benzene ring substituents is 1. The molecule has 7 heteroatoms. The first-order chi connectivity index (χ1) is 13.9. The molecule has 7 nitrogen and oxygen atoms in total. The molecule has 29 heavy (non-hydrogen) atoms. The van der Waals surface area contributed by atoms with E-state index >= 15 is 0 Å². The number of hydrogen-bond donors (Lipinski definition) is 1. The van der Waals surface area contributed by atoms with Crippen LogP contribution in [-0.2, 0) is 11.3 Å². The van der Waals surface area contributed by atoms with Crippen molar-refractivity contribution in [3.8, 4) is 0 Å². The third-order valence-corrected chi connectivity index (χ3v) is 5.98. The van der Waals surface area contributed by atoms with Gasteiger partial charge in [-0.15, -0.1) is 0 Å². The Balaban J connectivity index is 1.33. The zero-order chi connectivity index (χ0) is 20.5. The van der Waals surface area contributed by atoms with Gasteiger partial charge in [0.2, 0.25) is 5.91 Å². The Labute approximate surface area is 170 Å². The first-order valence-corrected chi connectivity index (χ1v) is 10.3. The molecule has 1 amide bonds. The predicted octanol–water partition coefficient (Wildman–Crippen LogP) is 4.61. The molecule has 2 atom stereocenters. The number of furan rings is 1. The largest absolute Gasteiger partial charge is 0.464 e. The van der Waals surface area contributed by atoms with Gasteiger partial charge in [0.05, 0.1) is 22.7 Å². The number of nitrogens with one attached hydrogen (secondary N) is 1. The van der Waals surface area contributed by atoms with E-state index in [2.05, 4.69) is 29.3 Å². The van der Waals surface area contributed by atoms with E-state index in [4.69, 9.17) is 4.42 Å². The van der Waals surface area contributed by atoms with Crippen LogP contribution in [0.25, 0.3) is 0 Å². The molecule has 2 aromatic rings. The summed E-state index contributed by atoms with van der Waals surface area (Å²) in [5.74, 6) is 3.20. The molecular weight excluding hydrogens is 370 g/mol. The Morgan fingerprint density at radius 2 is 2.07 bits per heavy atom. The van der Waals surface area contributed by atoms with Gasteiger partial charge >= 0.3 is 0 Å². The lowest BCUT2D eigenvalue weighted by molar-refractivity contribution is -0.385. The smallest absolute Gasteiger partial charge is 0.274 e. The van der Waals surface area contributed by atoms with Crippen molar-refractivity contribution < 1.29 is 14.1 Å². The van der Waals surface area contributed by atoms with Crippen molar-refractivity contribution in [2.24, 2.45) is 5.92 Å². The molecule has 2 fully saturated rings. The van der Waals surface area contributed by atoms with Crippen LogP contribution >= 0.6 is 0 Å². The van der Waals surface area contributed by atoms with Gasteiger partial charge in [-0.3, -0.25) is 19.8 Å². The Morgan fingerprint density at radius 3 is 2.72 bits per heavy atom. The minimum absolute atomic E-state index is 0.0148. The summed E-state index contributed by atoms with van der Waals surface area (Å²) >= 11 is 0. The average molecular weight is 397 g/mol. The second kappa shape index (κ2) is 7.99. The van der Waals surface area contributed by atoms with Gasteiger partial charge in [0.1, 0.15) is 11.5 Å². The predicted molar refractivity (Wildman–Crippen MR) is 110 cm³/mol. The van der Waals surface area contributed by atoms with Crippen LogP contribution in [-0.4, -0.2) is 28.3 Å². The summed E-state index contributed by atoms with van der Waals surface area (Å²) in [5.41, 5.74) is 0.986. The SMILES string of the molecule is Cc1c(NC(=O)CCN(Cc2ccc(C3CC3C)o2)C2CC2)cccc1[N+](=O)[O-]. The van der Waals surface area contributed by atoms with Crippen molar-refractivity contribution in [3.05, 3.63) is 57.5 Å². The fourth-order valence-electron chi connectivity index (χ4n) is 3.84. The van der Waals surface area contributed by atoms with Gasteiger partial charge in [-0.05, 0) is 50.3 Å². The molecule has 0 saturated heterocycles. The summed E-state index contributed by atoms with van der Waals surface area (Å²) in [5, 5.41) is 13.9. The molecule has 0 radical (unpaired) electrons. The molecule has 1 aromatic carbocycles. The fourth-order valence-corrected chi connectivity index (χ4v) is 3.84.